The van der Waals surface area contributed by atoms with Gasteiger partial charge in [-0.05, 0) is 25.0 Å². The maximum absolute atomic E-state index is 11.9. The maximum atomic E-state index is 11.9. The molecule has 1 saturated heterocycles. The number of thioether (sulfide) groups is 1. The van der Waals surface area contributed by atoms with Crippen molar-refractivity contribution in [3.63, 3.8) is 0 Å². The third kappa shape index (κ3) is 4.89. The first kappa shape index (κ1) is 18.5. The molecule has 3 rings (SSSR count). The summed E-state index contributed by atoms with van der Waals surface area (Å²) in [6.07, 6.45) is 2.17. The smallest absolute Gasteiger partial charge is 0.277 e. The van der Waals surface area contributed by atoms with E-state index in [4.69, 9.17) is 18.6 Å². The molecule has 1 N–H and O–H groups in total. The van der Waals surface area contributed by atoms with Crippen LogP contribution in [0.1, 0.15) is 12.8 Å². The molecular weight excluding hydrogens is 358 g/mol. The number of methoxy groups -OCH3 is 2. The molecule has 9 heteroatoms. The van der Waals surface area contributed by atoms with Crippen LogP contribution in [-0.4, -0.2) is 55.3 Å². The second-order valence-corrected chi connectivity index (χ2v) is 6.63. The molecule has 0 saturated carbocycles. The Morgan fingerprint density at radius 1 is 1.27 bits per heavy atom. The van der Waals surface area contributed by atoms with Crippen LogP contribution in [0.2, 0.25) is 0 Å². The van der Waals surface area contributed by atoms with Gasteiger partial charge in [-0.1, -0.05) is 11.8 Å². The van der Waals surface area contributed by atoms with Crippen molar-refractivity contribution in [2.75, 3.05) is 33.1 Å². The van der Waals surface area contributed by atoms with Crippen LogP contribution in [0.15, 0.2) is 27.8 Å². The average Bonchev–Trinajstić information content (AvgIpc) is 3.36. The molecule has 2 heterocycles. The van der Waals surface area contributed by atoms with E-state index in [0.717, 1.165) is 19.4 Å². The highest BCUT2D eigenvalue weighted by molar-refractivity contribution is 7.99. The van der Waals surface area contributed by atoms with Crippen molar-refractivity contribution in [1.29, 1.82) is 0 Å². The van der Waals surface area contributed by atoms with Gasteiger partial charge >= 0.3 is 0 Å². The highest BCUT2D eigenvalue weighted by atomic mass is 32.2. The SMILES string of the molecule is COc1cc(OC)cc(-c2nnc(SCC(=O)NC[C@H]3CCCO3)o2)c1. The van der Waals surface area contributed by atoms with E-state index in [1.807, 2.05) is 0 Å². The highest BCUT2D eigenvalue weighted by Gasteiger charge is 2.17. The number of benzene rings is 1. The Bertz CT molecular complexity index is 723. The van der Waals surface area contributed by atoms with Gasteiger partial charge in [0.05, 0.1) is 26.1 Å². The number of nitrogens with one attached hydrogen (secondary N) is 1. The molecule has 1 amide bonds. The molecular formula is C17H21N3O5S. The zero-order chi connectivity index (χ0) is 18.4. The molecule has 140 valence electrons. The van der Waals surface area contributed by atoms with Gasteiger partial charge in [-0.15, -0.1) is 10.2 Å². The lowest BCUT2D eigenvalue weighted by atomic mass is 10.2. The molecule has 8 nitrogen and oxygen atoms in total. The first-order valence-corrected chi connectivity index (χ1v) is 9.24. The van der Waals surface area contributed by atoms with Crippen molar-refractivity contribution >= 4 is 17.7 Å². The van der Waals surface area contributed by atoms with E-state index in [-0.39, 0.29) is 17.8 Å². The van der Waals surface area contributed by atoms with Crippen molar-refractivity contribution in [1.82, 2.24) is 15.5 Å². The van der Waals surface area contributed by atoms with Gasteiger partial charge in [0.25, 0.3) is 5.22 Å². The molecule has 0 spiro atoms. The van der Waals surface area contributed by atoms with Crippen molar-refractivity contribution in [3.05, 3.63) is 18.2 Å². The minimum Gasteiger partial charge on any atom is -0.497 e. The Labute approximate surface area is 155 Å². The second-order valence-electron chi connectivity index (χ2n) is 5.70. The largest absolute Gasteiger partial charge is 0.497 e. The summed E-state index contributed by atoms with van der Waals surface area (Å²) in [4.78, 5) is 11.9. The topological polar surface area (TPSA) is 95.7 Å². The van der Waals surface area contributed by atoms with Crippen LogP contribution in [-0.2, 0) is 9.53 Å². The normalized spacial score (nSPS) is 16.5. The van der Waals surface area contributed by atoms with E-state index in [2.05, 4.69) is 15.5 Å². The molecule has 1 atom stereocenters. The number of amides is 1. The number of aromatic nitrogens is 2. The van der Waals surface area contributed by atoms with E-state index >= 15 is 0 Å². The number of carbonyl (C=O) groups is 1. The van der Waals surface area contributed by atoms with Gasteiger partial charge in [0.15, 0.2) is 0 Å². The first-order chi connectivity index (χ1) is 12.7. The zero-order valence-electron chi connectivity index (χ0n) is 14.7. The fourth-order valence-electron chi connectivity index (χ4n) is 2.53. The predicted molar refractivity (Wildman–Crippen MR) is 95.5 cm³/mol. The van der Waals surface area contributed by atoms with Gasteiger partial charge in [-0.2, -0.15) is 0 Å². The summed E-state index contributed by atoms with van der Waals surface area (Å²) < 4.78 is 21.6. The first-order valence-electron chi connectivity index (χ1n) is 8.26. The monoisotopic (exact) mass is 379 g/mol. The molecule has 26 heavy (non-hydrogen) atoms. The van der Waals surface area contributed by atoms with Gasteiger partial charge in [0.1, 0.15) is 11.5 Å². The molecule has 1 aromatic heterocycles. The number of hydrogen-bond donors (Lipinski definition) is 1. The molecule has 1 aliphatic heterocycles. The lowest BCUT2D eigenvalue weighted by Crippen LogP contribution is -2.32. The third-order valence-electron chi connectivity index (χ3n) is 3.88. The minimum absolute atomic E-state index is 0.0895. The van der Waals surface area contributed by atoms with Crippen molar-refractivity contribution in [2.45, 2.75) is 24.2 Å². The number of hydrogen-bond acceptors (Lipinski definition) is 8. The van der Waals surface area contributed by atoms with Crippen molar-refractivity contribution in [2.24, 2.45) is 0 Å². The number of rotatable bonds is 8. The molecule has 0 unspecified atom stereocenters. The van der Waals surface area contributed by atoms with Gasteiger partial charge in [0, 0.05) is 24.8 Å². The maximum Gasteiger partial charge on any atom is 0.277 e. The van der Waals surface area contributed by atoms with Gasteiger partial charge in [0.2, 0.25) is 11.8 Å². The number of ether oxygens (including phenoxy) is 3. The molecule has 0 bridgehead atoms. The molecule has 0 radical (unpaired) electrons. The van der Waals surface area contributed by atoms with Gasteiger partial charge in [-0.25, -0.2) is 0 Å². The van der Waals surface area contributed by atoms with Crippen molar-refractivity contribution in [3.8, 4) is 23.0 Å². The lowest BCUT2D eigenvalue weighted by molar-refractivity contribution is -0.119. The number of carbonyl (C=O) groups excluding carboxylic acids is 1. The average molecular weight is 379 g/mol. The zero-order valence-corrected chi connectivity index (χ0v) is 15.5. The van der Waals surface area contributed by atoms with Crippen LogP contribution in [0.5, 0.6) is 11.5 Å². The summed E-state index contributed by atoms with van der Waals surface area (Å²) in [7, 11) is 3.14. The molecule has 2 aromatic rings. The van der Waals surface area contributed by atoms with E-state index < -0.39 is 0 Å². The quantitative estimate of drug-likeness (QED) is 0.697. The fraction of sp³-hybridized carbons (Fsp3) is 0.471. The molecule has 1 fully saturated rings. The van der Waals surface area contributed by atoms with E-state index in [1.165, 1.54) is 11.8 Å². The predicted octanol–water partition coefficient (Wildman–Crippen LogP) is 2.14. The summed E-state index contributed by atoms with van der Waals surface area (Å²) in [5.41, 5.74) is 0.684. The van der Waals surface area contributed by atoms with E-state index in [1.54, 1.807) is 32.4 Å². The highest BCUT2D eigenvalue weighted by Crippen LogP contribution is 2.30. The van der Waals surface area contributed by atoms with Crippen LogP contribution < -0.4 is 14.8 Å². The van der Waals surface area contributed by atoms with Gasteiger partial charge < -0.3 is 23.9 Å². The van der Waals surface area contributed by atoms with Crippen LogP contribution >= 0.6 is 11.8 Å². The standard InChI is InChI=1S/C17H21N3O5S/c1-22-13-6-11(7-14(8-13)23-2)16-19-20-17(25-16)26-10-15(21)18-9-12-4-3-5-24-12/h6-8,12H,3-5,9-10H2,1-2H3,(H,18,21)/t12-/m1/s1. The third-order valence-corrected chi connectivity index (χ3v) is 4.70. The lowest BCUT2D eigenvalue weighted by Gasteiger charge is -2.09. The Balaban J connectivity index is 1.55. The summed E-state index contributed by atoms with van der Waals surface area (Å²) in [6, 6.07) is 5.31. The molecule has 1 aliphatic rings. The van der Waals surface area contributed by atoms with Crippen LogP contribution in [0, 0.1) is 0 Å². The van der Waals surface area contributed by atoms with Gasteiger partial charge in [-0.3, -0.25) is 4.79 Å². The van der Waals surface area contributed by atoms with E-state index in [0.29, 0.717) is 34.7 Å². The molecule has 0 aliphatic carbocycles. The Hall–Kier alpha value is -2.26. The minimum atomic E-state index is -0.0895. The Morgan fingerprint density at radius 3 is 2.69 bits per heavy atom. The fourth-order valence-corrected chi connectivity index (χ4v) is 3.12. The summed E-state index contributed by atoms with van der Waals surface area (Å²) in [6.45, 7) is 1.31. The molecule has 1 aromatic carbocycles. The summed E-state index contributed by atoms with van der Waals surface area (Å²) in [5.74, 6) is 1.70. The van der Waals surface area contributed by atoms with E-state index in [9.17, 15) is 4.79 Å². The summed E-state index contributed by atoms with van der Waals surface area (Å²) in [5, 5.41) is 11.2. The second kappa shape index (κ2) is 8.91. The van der Waals surface area contributed by atoms with Crippen LogP contribution in [0.4, 0.5) is 0 Å². The van der Waals surface area contributed by atoms with Crippen LogP contribution in [0.25, 0.3) is 11.5 Å². The Morgan fingerprint density at radius 2 is 2.04 bits per heavy atom. The Kier molecular flexibility index (Phi) is 6.35. The van der Waals surface area contributed by atoms with Crippen molar-refractivity contribution < 1.29 is 23.4 Å². The summed E-state index contributed by atoms with van der Waals surface area (Å²) >= 11 is 1.19. The number of nitrogens with zero attached hydrogens (tertiary/aromatic N) is 2. The van der Waals surface area contributed by atoms with Crippen LogP contribution in [0.3, 0.4) is 0 Å².